The maximum atomic E-state index is 10.2. The lowest BCUT2D eigenvalue weighted by atomic mass is 10.1. The molecule has 3 N–H and O–H groups in total. The topological polar surface area (TPSA) is 91.4 Å². The summed E-state index contributed by atoms with van der Waals surface area (Å²) in [6.45, 7) is 4.68. The number of hydrogen-bond acceptors (Lipinski definition) is 7. The van der Waals surface area contributed by atoms with E-state index in [1.54, 1.807) is 12.1 Å². The number of benzene rings is 1. The van der Waals surface area contributed by atoms with Gasteiger partial charge in [0.15, 0.2) is 5.82 Å². The van der Waals surface area contributed by atoms with Crippen molar-refractivity contribution in [1.82, 2.24) is 15.2 Å². The fourth-order valence-electron chi connectivity index (χ4n) is 4.32. The molecular weight excluding hydrogens is 364 g/mol. The van der Waals surface area contributed by atoms with Crippen molar-refractivity contribution in [2.45, 2.75) is 25.3 Å². The van der Waals surface area contributed by atoms with Crippen molar-refractivity contribution in [1.29, 1.82) is 0 Å². The molecule has 2 fully saturated rings. The van der Waals surface area contributed by atoms with E-state index in [1.165, 1.54) is 5.69 Å². The highest BCUT2D eigenvalue weighted by molar-refractivity contribution is 5.74. The largest absolute Gasteiger partial charge is 0.507 e. The van der Waals surface area contributed by atoms with Gasteiger partial charge >= 0.3 is 0 Å². The maximum absolute atomic E-state index is 10.2. The van der Waals surface area contributed by atoms with Crippen molar-refractivity contribution in [3.63, 3.8) is 0 Å². The lowest BCUT2D eigenvalue weighted by Crippen LogP contribution is -2.55. The summed E-state index contributed by atoms with van der Waals surface area (Å²) in [5.41, 5.74) is 10.8. The van der Waals surface area contributed by atoms with Gasteiger partial charge in [-0.25, -0.2) is 0 Å². The Kier molecular flexibility index (Phi) is 4.04. The van der Waals surface area contributed by atoms with Crippen molar-refractivity contribution in [2.24, 2.45) is 0 Å². The quantitative estimate of drug-likeness (QED) is 0.713. The van der Waals surface area contributed by atoms with E-state index in [0.29, 0.717) is 17.1 Å². The zero-order chi connectivity index (χ0) is 20.0. The van der Waals surface area contributed by atoms with E-state index in [9.17, 15) is 5.11 Å². The highest BCUT2D eigenvalue weighted by Crippen LogP contribution is 2.47. The van der Waals surface area contributed by atoms with E-state index in [0.717, 1.165) is 43.9 Å². The summed E-state index contributed by atoms with van der Waals surface area (Å²) in [5.74, 6) is 0.613. The number of nitrogen functional groups attached to an aromatic ring is 1. The highest BCUT2D eigenvalue weighted by Gasteiger charge is 2.51. The molecule has 1 aliphatic carbocycles. The molecule has 0 unspecified atom stereocenters. The fraction of sp³-hybridized carbons (Fsp3) is 0.318. The van der Waals surface area contributed by atoms with E-state index >= 15 is 0 Å². The van der Waals surface area contributed by atoms with Crippen LogP contribution in [-0.4, -0.2) is 45.5 Å². The van der Waals surface area contributed by atoms with E-state index < -0.39 is 0 Å². The monoisotopic (exact) mass is 388 g/mol. The molecule has 0 radical (unpaired) electrons. The number of aryl methyl sites for hydroxylation is 1. The Morgan fingerprint density at radius 3 is 2.66 bits per heavy atom. The van der Waals surface area contributed by atoms with Crippen molar-refractivity contribution >= 4 is 17.2 Å². The average molecular weight is 388 g/mol. The van der Waals surface area contributed by atoms with Gasteiger partial charge in [-0.3, -0.25) is 4.98 Å². The second-order valence-electron chi connectivity index (χ2n) is 7.97. The van der Waals surface area contributed by atoms with Gasteiger partial charge in [0, 0.05) is 42.8 Å². The van der Waals surface area contributed by atoms with Crippen molar-refractivity contribution in [2.75, 3.05) is 35.2 Å². The van der Waals surface area contributed by atoms with Gasteiger partial charge in [0.2, 0.25) is 0 Å². The van der Waals surface area contributed by atoms with Crippen LogP contribution in [0.15, 0.2) is 48.7 Å². The van der Waals surface area contributed by atoms with Crippen molar-refractivity contribution in [3.05, 3.63) is 54.4 Å². The third-order valence-electron chi connectivity index (χ3n) is 5.99. The Labute approximate surface area is 169 Å². The lowest BCUT2D eigenvalue weighted by Gasteiger charge is -2.44. The minimum Gasteiger partial charge on any atom is -0.507 e. The molecule has 29 heavy (non-hydrogen) atoms. The summed E-state index contributed by atoms with van der Waals surface area (Å²) in [6.07, 6.45) is 4.21. The molecule has 0 amide bonds. The smallest absolute Gasteiger partial charge is 0.169 e. The number of rotatable bonds is 3. The van der Waals surface area contributed by atoms with Crippen LogP contribution in [0.5, 0.6) is 5.75 Å². The van der Waals surface area contributed by atoms with E-state index in [4.69, 9.17) is 5.73 Å². The van der Waals surface area contributed by atoms with E-state index in [-0.39, 0.29) is 11.3 Å². The van der Waals surface area contributed by atoms with Crippen LogP contribution < -0.4 is 15.5 Å². The van der Waals surface area contributed by atoms with Crippen LogP contribution in [0.3, 0.4) is 0 Å². The highest BCUT2D eigenvalue weighted by atomic mass is 16.3. The Bertz CT molecular complexity index is 1060. The van der Waals surface area contributed by atoms with Crippen LogP contribution in [0.4, 0.5) is 17.2 Å². The summed E-state index contributed by atoms with van der Waals surface area (Å²) in [7, 11) is 0. The number of anilines is 3. The minimum atomic E-state index is 0.136. The second-order valence-corrected chi connectivity index (χ2v) is 7.97. The van der Waals surface area contributed by atoms with Crippen LogP contribution in [0.25, 0.3) is 11.3 Å². The summed E-state index contributed by atoms with van der Waals surface area (Å²) < 4.78 is 0. The summed E-state index contributed by atoms with van der Waals surface area (Å²) in [4.78, 5) is 9.16. The van der Waals surface area contributed by atoms with Crippen LogP contribution >= 0.6 is 0 Å². The third kappa shape index (κ3) is 3.12. The Hall–Kier alpha value is -3.35. The fourth-order valence-corrected chi connectivity index (χ4v) is 4.32. The molecule has 0 atom stereocenters. The number of nitrogens with zero attached hydrogens (tertiary/aromatic N) is 5. The number of piperazine rings is 1. The van der Waals surface area contributed by atoms with E-state index in [2.05, 4.69) is 37.1 Å². The molecule has 1 aromatic carbocycles. The normalized spacial score (nSPS) is 17.6. The molecule has 1 saturated carbocycles. The molecule has 3 heterocycles. The molecular formula is C22H24N6O. The zero-order valence-corrected chi connectivity index (χ0v) is 16.4. The molecule has 1 spiro atoms. The number of phenolic OH excluding ortho intramolecular Hbond substituents is 1. The lowest BCUT2D eigenvalue weighted by molar-refractivity contribution is 0.477. The first kappa shape index (κ1) is 17.7. The second kappa shape index (κ2) is 6.62. The van der Waals surface area contributed by atoms with Gasteiger partial charge in [-0.1, -0.05) is 12.1 Å². The maximum Gasteiger partial charge on any atom is 0.169 e. The summed E-state index contributed by atoms with van der Waals surface area (Å²) in [6, 6.07) is 13.4. The van der Waals surface area contributed by atoms with Crippen LogP contribution in [0, 0.1) is 6.92 Å². The number of para-hydroxylation sites is 1. The van der Waals surface area contributed by atoms with Crippen molar-refractivity contribution < 1.29 is 5.11 Å². The van der Waals surface area contributed by atoms with Gasteiger partial charge in [-0.15, -0.1) is 10.2 Å². The summed E-state index contributed by atoms with van der Waals surface area (Å²) in [5, 5.41) is 18.6. The average Bonchev–Trinajstić information content (AvgIpc) is 3.48. The molecule has 2 aromatic heterocycles. The number of nitrogens with two attached hydrogens (primary N) is 1. The number of aromatic nitrogens is 3. The zero-order valence-electron chi connectivity index (χ0n) is 16.4. The van der Waals surface area contributed by atoms with Gasteiger partial charge in [0.05, 0.1) is 16.9 Å². The molecule has 148 valence electrons. The van der Waals surface area contributed by atoms with Crippen molar-refractivity contribution in [3.8, 4) is 17.0 Å². The summed E-state index contributed by atoms with van der Waals surface area (Å²) >= 11 is 0. The molecule has 7 nitrogen and oxygen atoms in total. The van der Waals surface area contributed by atoms with Gasteiger partial charge in [-0.05, 0) is 50.1 Å². The molecule has 2 aliphatic rings. The standard InChI is InChI=1S/C22H24N6O/c1-15-12-16(6-9-24-15)28-11-10-27(14-22(28)7-8-22)19-13-18(25-26-21(19)23)17-4-2-3-5-20(17)29/h2-6,9,12-13,29H,7-8,10-11,14H2,1H3,(H2,23,26). The molecule has 0 bridgehead atoms. The van der Waals surface area contributed by atoms with Gasteiger partial charge in [0.25, 0.3) is 0 Å². The van der Waals surface area contributed by atoms with Crippen LogP contribution in [-0.2, 0) is 0 Å². The van der Waals surface area contributed by atoms with Crippen LogP contribution in [0.1, 0.15) is 18.5 Å². The Morgan fingerprint density at radius 2 is 1.90 bits per heavy atom. The third-order valence-corrected chi connectivity index (χ3v) is 5.99. The first-order chi connectivity index (χ1) is 14.1. The number of aromatic hydroxyl groups is 1. The van der Waals surface area contributed by atoms with Gasteiger partial charge < -0.3 is 20.6 Å². The van der Waals surface area contributed by atoms with Gasteiger partial charge in [-0.2, -0.15) is 0 Å². The van der Waals surface area contributed by atoms with E-state index in [1.807, 2.05) is 31.3 Å². The molecule has 7 heteroatoms. The predicted molar refractivity (Wildman–Crippen MR) is 114 cm³/mol. The SMILES string of the molecule is Cc1cc(N2CCN(c3cc(-c4ccccc4O)nnc3N)CC23CC3)ccn1. The molecule has 1 saturated heterocycles. The number of phenols is 1. The number of hydrogen-bond donors (Lipinski definition) is 2. The molecule has 5 rings (SSSR count). The van der Waals surface area contributed by atoms with Crippen LogP contribution in [0.2, 0.25) is 0 Å². The number of pyridine rings is 1. The Morgan fingerprint density at radius 1 is 1.07 bits per heavy atom. The predicted octanol–water partition coefficient (Wildman–Crippen LogP) is 2.99. The molecule has 1 aliphatic heterocycles. The minimum absolute atomic E-state index is 0.136. The Balaban J connectivity index is 1.45. The first-order valence-electron chi connectivity index (χ1n) is 9.93. The molecule has 3 aromatic rings. The first-order valence-corrected chi connectivity index (χ1v) is 9.93. The van der Waals surface area contributed by atoms with Gasteiger partial charge in [0.1, 0.15) is 5.75 Å².